The zero-order chi connectivity index (χ0) is 12.5. The summed E-state index contributed by atoms with van der Waals surface area (Å²) in [7, 11) is 1.61. The van der Waals surface area contributed by atoms with E-state index in [4.69, 9.17) is 16.3 Å². The molecule has 1 aromatic rings. The number of carbonyl (C=O) groups is 1. The molecule has 0 heterocycles. The van der Waals surface area contributed by atoms with Gasteiger partial charge in [-0.2, -0.15) is 0 Å². The van der Waals surface area contributed by atoms with E-state index in [1.807, 2.05) is 12.1 Å². The standard InChI is InChI=1S/C14H17ClO2/c1-14(7-5-11(16)6-8-14)10-3-4-13(17-2)12(15)9-10/h3-4,9H,5-8H2,1-2H3. The molecule has 1 saturated carbocycles. The van der Waals surface area contributed by atoms with Gasteiger partial charge < -0.3 is 4.74 Å². The zero-order valence-corrected chi connectivity index (χ0v) is 11.0. The maximum atomic E-state index is 11.3. The number of benzene rings is 1. The van der Waals surface area contributed by atoms with E-state index in [-0.39, 0.29) is 5.41 Å². The minimum absolute atomic E-state index is 0.0732. The maximum absolute atomic E-state index is 11.3. The molecule has 0 aromatic heterocycles. The highest BCUT2D eigenvalue weighted by Crippen LogP contribution is 2.40. The molecule has 2 rings (SSSR count). The van der Waals surface area contributed by atoms with Crippen LogP contribution < -0.4 is 4.74 Å². The lowest BCUT2D eigenvalue weighted by atomic mass is 9.71. The summed E-state index contributed by atoms with van der Waals surface area (Å²) in [4.78, 5) is 11.3. The average molecular weight is 253 g/mol. The van der Waals surface area contributed by atoms with Crippen LogP contribution >= 0.6 is 11.6 Å². The van der Waals surface area contributed by atoms with Gasteiger partial charge >= 0.3 is 0 Å². The summed E-state index contributed by atoms with van der Waals surface area (Å²) in [5, 5.41) is 0.642. The minimum atomic E-state index is 0.0732. The first-order valence-electron chi connectivity index (χ1n) is 5.91. The van der Waals surface area contributed by atoms with E-state index >= 15 is 0 Å². The van der Waals surface area contributed by atoms with Crippen LogP contribution in [0.1, 0.15) is 38.2 Å². The van der Waals surface area contributed by atoms with E-state index in [1.54, 1.807) is 7.11 Å². The average Bonchev–Trinajstić information content (AvgIpc) is 2.33. The molecule has 1 aliphatic carbocycles. The van der Waals surface area contributed by atoms with Crippen molar-refractivity contribution in [3.8, 4) is 5.75 Å². The second-order valence-electron chi connectivity index (χ2n) is 4.95. The third kappa shape index (κ3) is 2.47. The highest BCUT2D eigenvalue weighted by Gasteiger charge is 2.32. The fourth-order valence-electron chi connectivity index (χ4n) is 2.41. The Morgan fingerprint density at radius 2 is 1.94 bits per heavy atom. The van der Waals surface area contributed by atoms with Gasteiger partial charge in [-0.15, -0.1) is 0 Å². The fraction of sp³-hybridized carbons (Fsp3) is 0.500. The molecule has 0 unspecified atom stereocenters. The van der Waals surface area contributed by atoms with Crippen LogP contribution in [-0.2, 0) is 10.2 Å². The second kappa shape index (κ2) is 4.69. The molecule has 0 atom stereocenters. The summed E-state index contributed by atoms with van der Waals surface area (Å²) in [5.74, 6) is 1.08. The third-order valence-corrected chi connectivity index (χ3v) is 4.06. The number of carbonyl (C=O) groups excluding carboxylic acids is 1. The molecule has 1 aromatic carbocycles. The van der Waals surface area contributed by atoms with E-state index < -0.39 is 0 Å². The van der Waals surface area contributed by atoms with Crippen molar-refractivity contribution in [1.82, 2.24) is 0 Å². The molecule has 0 aliphatic heterocycles. The van der Waals surface area contributed by atoms with Crippen LogP contribution in [0.4, 0.5) is 0 Å². The molecule has 0 radical (unpaired) electrons. The quantitative estimate of drug-likeness (QED) is 0.801. The molecule has 0 saturated heterocycles. The molecule has 17 heavy (non-hydrogen) atoms. The van der Waals surface area contributed by atoms with Crippen molar-refractivity contribution in [3.05, 3.63) is 28.8 Å². The molecule has 3 heteroatoms. The number of ether oxygens (including phenoxy) is 1. The Kier molecular flexibility index (Phi) is 3.43. The first kappa shape index (κ1) is 12.4. The van der Waals surface area contributed by atoms with Gasteiger partial charge in [0.15, 0.2) is 0 Å². The van der Waals surface area contributed by atoms with Crippen molar-refractivity contribution in [1.29, 1.82) is 0 Å². The van der Waals surface area contributed by atoms with E-state index in [0.717, 1.165) is 12.8 Å². The SMILES string of the molecule is COc1ccc(C2(C)CCC(=O)CC2)cc1Cl. The van der Waals surface area contributed by atoms with Crippen molar-refractivity contribution >= 4 is 17.4 Å². The van der Waals surface area contributed by atoms with Crippen molar-refractivity contribution in [2.45, 2.75) is 38.0 Å². The zero-order valence-electron chi connectivity index (χ0n) is 10.3. The normalized spacial score (nSPS) is 19.1. The number of ketones is 1. The first-order valence-corrected chi connectivity index (χ1v) is 6.29. The van der Waals surface area contributed by atoms with Crippen molar-refractivity contribution in [2.24, 2.45) is 0 Å². The Bertz CT molecular complexity index is 430. The second-order valence-corrected chi connectivity index (χ2v) is 5.36. The van der Waals surface area contributed by atoms with Crippen LogP contribution in [0, 0.1) is 0 Å². The Morgan fingerprint density at radius 3 is 2.47 bits per heavy atom. The highest BCUT2D eigenvalue weighted by atomic mass is 35.5. The molecular formula is C14H17ClO2. The monoisotopic (exact) mass is 252 g/mol. The lowest BCUT2D eigenvalue weighted by Gasteiger charge is -2.33. The third-order valence-electron chi connectivity index (χ3n) is 3.76. The number of hydrogen-bond donors (Lipinski definition) is 0. The van der Waals surface area contributed by atoms with Gasteiger partial charge in [-0.3, -0.25) is 4.79 Å². The Hall–Kier alpha value is -1.02. The van der Waals surface area contributed by atoms with E-state index in [9.17, 15) is 4.79 Å². The minimum Gasteiger partial charge on any atom is -0.495 e. The van der Waals surface area contributed by atoms with Crippen LogP contribution in [0.15, 0.2) is 18.2 Å². The summed E-state index contributed by atoms with van der Waals surface area (Å²) >= 11 is 6.15. The molecule has 1 fully saturated rings. The largest absolute Gasteiger partial charge is 0.495 e. The summed E-state index contributed by atoms with van der Waals surface area (Å²) < 4.78 is 5.15. The Labute approximate surface area is 107 Å². The van der Waals surface area contributed by atoms with E-state index in [0.29, 0.717) is 29.4 Å². The van der Waals surface area contributed by atoms with Gasteiger partial charge in [-0.25, -0.2) is 0 Å². The molecule has 0 spiro atoms. The molecule has 0 amide bonds. The van der Waals surface area contributed by atoms with E-state index in [2.05, 4.69) is 13.0 Å². The molecule has 2 nitrogen and oxygen atoms in total. The number of methoxy groups -OCH3 is 1. The summed E-state index contributed by atoms with van der Waals surface area (Å²) in [6.07, 6.45) is 3.18. The topological polar surface area (TPSA) is 26.3 Å². The number of hydrogen-bond acceptors (Lipinski definition) is 2. The maximum Gasteiger partial charge on any atom is 0.137 e. The Balaban J connectivity index is 2.27. The van der Waals surface area contributed by atoms with Crippen LogP contribution in [0.5, 0.6) is 5.75 Å². The van der Waals surface area contributed by atoms with Gasteiger partial charge in [-0.1, -0.05) is 24.6 Å². The smallest absolute Gasteiger partial charge is 0.137 e. The van der Waals surface area contributed by atoms with Crippen molar-refractivity contribution in [3.63, 3.8) is 0 Å². The summed E-state index contributed by atoms with van der Waals surface area (Å²) in [6.45, 7) is 2.21. The summed E-state index contributed by atoms with van der Waals surface area (Å²) in [6, 6.07) is 5.93. The molecule has 92 valence electrons. The van der Waals surface area contributed by atoms with E-state index in [1.165, 1.54) is 5.56 Å². The van der Waals surface area contributed by atoms with Crippen molar-refractivity contribution in [2.75, 3.05) is 7.11 Å². The van der Waals surface area contributed by atoms with Gasteiger partial charge in [0.1, 0.15) is 11.5 Å². The highest BCUT2D eigenvalue weighted by molar-refractivity contribution is 6.32. The van der Waals surface area contributed by atoms with Gasteiger partial charge in [-0.05, 0) is 36.0 Å². The predicted octanol–water partition coefficient (Wildman–Crippen LogP) is 3.75. The Morgan fingerprint density at radius 1 is 1.29 bits per heavy atom. The molecular weight excluding hydrogens is 236 g/mol. The molecule has 0 N–H and O–H groups in total. The predicted molar refractivity (Wildman–Crippen MR) is 68.8 cm³/mol. The van der Waals surface area contributed by atoms with Crippen LogP contribution in [-0.4, -0.2) is 12.9 Å². The molecule has 1 aliphatic rings. The van der Waals surface area contributed by atoms with Gasteiger partial charge in [0.05, 0.1) is 12.1 Å². The van der Waals surface area contributed by atoms with Gasteiger partial charge in [0.25, 0.3) is 0 Å². The van der Waals surface area contributed by atoms with Crippen LogP contribution in [0.2, 0.25) is 5.02 Å². The number of Topliss-reactive ketones (excluding diaryl/α,β-unsaturated/α-hetero) is 1. The lowest BCUT2D eigenvalue weighted by Crippen LogP contribution is -2.28. The van der Waals surface area contributed by atoms with Gasteiger partial charge in [0, 0.05) is 12.8 Å². The lowest BCUT2D eigenvalue weighted by molar-refractivity contribution is -0.121. The summed E-state index contributed by atoms with van der Waals surface area (Å²) in [5.41, 5.74) is 1.28. The van der Waals surface area contributed by atoms with Crippen LogP contribution in [0.25, 0.3) is 0 Å². The first-order chi connectivity index (χ1) is 8.05. The van der Waals surface area contributed by atoms with Crippen LogP contribution in [0.3, 0.4) is 0 Å². The van der Waals surface area contributed by atoms with Gasteiger partial charge in [0.2, 0.25) is 0 Å². The number of rotatable bonds is 2. The fourth-order valence-corrected chi connectivity index (χ4v) is 2.67. The molecule has 0 bridgehead atoms. The number of halogens is 1. The van der Waals surface area contributed by atoms with Crippen molar-refractivity contribution < 1.29 is 9.53 Å².